The number of nitrogens with zero attached hydrogens (tertiary/aromatic N) is 2. The van der Waals surface area contributed by atoms with Crippen molar-refractivity contribution in [2.45, 2.75) is 50.6 Å². The summed E-state index contributed by atoms with van der Waals surface area (Å²) in [7, 11) is 1.36. The molecule has 6 heteroatoms. The Hall–Kier alpha value is -2.34. The molecule has 0 unspecified atom stereocenters. The van der Waals surface area contributed by atoms with Crippen molar-refractivity contribution in [1.29, 1.82) is 0 Å². The molecule has 2 amide bonds. The number of carbonyl (C=O) groups is 2. The Morgan fingerprint density at radius 2 is 2.07 bits per heavy atom. The van der Waals surface area contributed by atoms with Crippen LogP contribution in [0.2, 0.25) is 0 Å². The van der Waals surface area contributed by atoms with Gasteiger partial charge in [0.2, 0.25) is 0 Å². The summed E-state index contributed by atoms with van der Waals surface area (Å²) >= 11 is 0. The van der Waals surface area contributed by atoms with Gasteiger partial charge in [-0.25, -0.2) is 9.59 Å². The van der Waals surface area contributed by atoms with Crippen molar-refractivity contribution in [3.8, 4) is 0 Å². The van der Waals surface area contributed by atoms with E-state index in [0.29, 0.717) is 29.1 Å². The SMILES string of the molecule is COC(=O)c1cccc(NC(=O)N2CCCC3=C[C@@H]4C[C@@H](CN5CCCC[C@@H]45)[C@H]32)c1. The number of benzene rings is 1. The van der Waals surface area contributed by atoms with Gasteiger partial charge in [-0.3, -0.25) is 4.90 Å². The molecule has 4 aliphatic rings. The highest BCUT2D eigenvalue weighted by molar-refractivity contribution is 5.94. The summed E-state index contributed by atoms with van der Waals surface area (Å²) in [5, 5.41) is 3.03. The number of amides is 2. The second-order valence-corrected chi connectivity index (χ2v) is 9.20. The molecule has 1 aromatic rings. The summed E-state index contributed by atoms with van der Waals surface area (Å²) in [6, 6.07) is 7.83. The minimum absolute atomic E-state index is 0.0631. The summed E-state index contributed by atoms with van der Waals surface area (Å²) in [6.45, 7) is 3.11. The number of urea groups is 1. The number of carbonyl (C=O) groups excluding carboxylic acids is 2. The number of esters is 1. The summed E-state index contributed by atoms with van der Waals surface area (Å²) in [5.74, 6) is 0.790. The largest absolute Gasteiger partial charge is 0.465 e. The Labute approximate surface area is 178 Å². The van der Waals surface area contributed by atoms with E-state index >= 15 is 0 Å². The van der Waals surface area contributed by atoms with Crippen LogP contribution in [0, 0.1) is 11.8 Å². The van der Waals surface area contributed by atoms with Gasteiger partial charge in [-0.15, -0.1) is 0 Å². The lowest BCUT2D eigenvalue weighted by Crippen LogP contribution is -2.60. The predicted octanol–water partition coefficient (Wildman–Crippen LogP) is 3.90. The maximum atomic E-state index is 13.3. The van der Waals surface area contributed by atoms with Crippen molar-refractivity contribution in [3.63, 3.8) is 0 Å². The molecule has 160 valence electrons. The van der Waals surface area contributed by atoms with Crippen LogP contribution in [0.4, 0.5) is 10.5 Å². The fraction of sp³-hybridized carbons (Fsp3) is 0.583. The highest BCUT2D eigenvalue weighted by atomic mass is 16.5. The molecule has 4 atom stereocenters. The average Bonchev–Trinajstić information content (AvgIpc) is 2.78. The molecule has 2 bridgehead atoms. The summed E-state index contributed by atoms with van der Waals surface area (Å²) in [5.41, 5.74) is 2.55. The van der Waals surface area contributed by atoms with Gasteiger partial charge in [0.1, 0.15) is 0 Å². The number of piperidine rings is 3. The van der Waals surface area contributed by atoms with Crippen molar-refractivity contribution < 1.29 is 14.3 Å². The maximum Gasteiger partial charge on any atom is 0.337 e. The molecule has 0 spiro atoms. The van der Waals surface area contributed by atoms with E-state index in [1.54, 1.807) is 18.2 Å². The monoisotopic (exact) mass is 409 g/mol. The van der Waals surface area contributed by atoms with Crippen LogP contribution in [-0.4, -0.2) is 60.6 Å². The molecule has 3 heterocycles. The fourth-order valence-corrected chi connectivity index (χ4v) is 6.24. The number of rotatable bonds is 2. The lowest BCUT2D eigenvalue weighted by molar-refractivity contribution is 0.00908. The number of fused-ring (bicyclic) bond motifs is 6. The van der Waals surface area contributed by atoms with Gasteiger partial charge in [-0.1, -0.05) is 24.1 Å². The topological polar surface area (TPSA) is 61.9 Å². The van der Waals surface area contributed by atoms with E-state index in [1.807, 2.05) is 11.0 Å². The second kappa shape index (κ2) is 8.06. The predicted molar refractivity (Wildman–Crippen MR) is 115 cm³/mol. The van der Waals surface area contributed by atoms with Crippen LogP contribution in [0.25, 0.3) is 0 Å². The maximum absolute atomic E-state index is 13.3. The first-order valence-corrected chi connectivity index (χ1v) is 11.3. The number of anilines is 1. The smallest absolute Gasteiger partial charge is 0.337 e. The molecule has 0 aromatic heterocycles. The number of ether oxygens (including phenoxy) is 1. The number of likely N-dealkylation sites (tertiary alicyclic amines) is 1. The van der Waals surface area contributed by atoms with Crippen LogP contribution >= 0.6 is 0 Å². The van der Waals surface area contributed by atoms with Gasteiger partial charge in [0.05, 0.1) is 18.7 Å². The molecule has 0 saturated carbocycles. The number of hydrogen-bond acceptors (Lipinski definition) is 4. The first-order chi connectivity index (χ1) is 14.6. The van der Waals surface area contributed by atoms with E-state index in [9.17, 15) is 9.59 Å². The molecule has 30 heavy (non-hydrogen) atoms. The van der Waals surface area contributed by atoms with Gasteiger partial charge in [0.15, 0.2) is 0 Å². The highest BCUT2D eigenvalue weighted by Crippen LogP contribution is 2.45. The van der Waals surface area contributed by atoms with Gasteiger partial charge >= 0.3 is 12.0 Å². The zero-order valence-corrected chi connectivity index (χ0v) is 17.7. The summed E-state index contributed by atoms with van der Waals surface area (Å²) in [4.78, 5) is 29.8. The van der Waals surface area contributed by atoms with E-state index in [4.69, 9.17) is 4.74 Å². The summed E-state index contributed by atoms with van der Waals surface area (Å²) in [6.07, 6.45) is 9.86. The van der Waals surface area contributed by atoms with Crippen molar-refractivity contribution in [3.05, 3.63) is 41.5 Å². The molecule has 6 nitrogen and oxygen atoms in total. The zero-order chi connectivity index (χ0) is 20.7. The molecule has 1 aromatic carbocycles. The number of hydrogen-bond donors (Lipinski definition) is 1. The van der Waals surface area contributed by atoms with E-state index in [-0.39, 0.29) is 12.1 Å². The second-order valence-electron chi connectivity index (χ2n) is 9.20. The Balaban J connectivity index is 1.36. The van der Waals surface area contributed by atoms with Crippen LogP contribution in [0.15, 0.2) is 35.9 Å². The lowest BCUT2D eigenvalue weighted by Gasteiger charge is -2.54. The molecule has 1 N–H and O–H groups in total. The Kier molecular flexibility index (Phi) is 5.27. The molecule has 1 aliphatic carbocycles. The Morgan fingerprint density at radius 1 is 1.17 bits per heavy atom. The van der Waals surface area contributed by atoms with E-state index in [0.717, 1.165) is 25.9 Å². The minimum atomic E-state index is -0.397. The van der Waals surface area contributed by atoms with Gasteiger partial charge in [0, 0.05) is 24.8 Å². The molecular weight excluding hydrogens is 378 g/mol. The van der Waals surface area contributed by atoms with Crippen LogP contribution in [-0.2, 0) is 4.74 Å². The van der Waals surface area contributed by atoms with Crippen LogP contribution in [0.1, 0.15) is 48.9 Å². The quantitative estimate of drug-likeness (QED) is 0.594. The number of methoxy groups -OCH3 is 1. The van der Waals surface area contributed by atoms with Gasteiger partial charge in [0.25, 0.3) is 0 Å². The average molecular weight is 410 g/mol. The van der Waals surface area contributed by atoms with E-state index < -0.39 is 5.97 Å². The van der Waals surface area contributed by atoms with E-state index in [1.165, 1.54) is 44.9 Å². The molecule has 3 fully saturated rings. The molecular formula is C24H31N3O3. The normalized spacial score (nSPS) is 30.6. The van der Waals surface area contributed by atoms with Gasteiger partial charge in [-0.05, 0) is 68.7 Å². The first kappa shape index (κ1) is 19.6. The van der Waals surface area contributed by atoms with E-state index in [2.05, 4.69) is 16.3 Å². The minimum Gasteiger partial charge on any atom is -0.465 e. The standard InChI is InChI=1S/C24H31N3O3/c1-30-23(28)17-6-4-8-20(14-17)25-24(29)27-11-5-7-16-12-18-13-19(22(16)27)15-26-10-3-2-9-21(18)26/h4,6,8,12,14,18-19,21-22H,2-3,5,7,9-11,13,15H2,1H3,(H,25,29)/t18-,19+,21+,22+/m1/s1. The fourth-order valence-electron chi connectivity index (χ4n) is 6.24. The van der Waals surface area contributed by atoms with Crippen molar-refractivity contribution in [1.82, 2.24) is 9.80 Å². The van der Waals surface area contributed by atoms with Gasteiger partial charge in [-0.2, -0.15) is 0 Å². The number of nitrogens with one attached hydrogen (secondary N) is 1. The Morgan fingerprint density at radius 3 is 2.93 bits per heavy atom. The lowest BCUT2D eigenvalue weighted by atomic mass is 9.68. The third kappa shape index (κ3) is 3.51. The van der Waals surface area contributed by atoms with Crippen molar-refractivity contribution in [2.24, 2.45) is 11.8 Å². The van der Waals surface area contributed by atoms with Gasteiger partial charge < -0.3 is 15.0 Å². The van der Waals surface area contributed by atoms with Crippen LogP contribution in [0.5, 0.6) is 0 Å². The zero-order valence-electron chi connectivity index (χ0n) is 17.7. The third-order valence-corrected chi connectivity index (χ3v) is 7.45. The first-order valence-electron chi connectivity index (χ1n) is 11.3. The van der Waals surface area contributed by atoms with Crippen molar-refractivity contribution in [2.75, 3.05) is 32.1 Å². The molecule has 3 aliphatic heterocycles. The molecule has 5 rings (SSSR count). The van der Waals surface area contributed by atoms with Crippen LogP contribution < -0.4 is 5.32 Å². The highest BCUT2D eigenvalue weighted by Gasteiger charge is 2.46. The third-order valence-electron chi connectivity index (χ3n) is 7.45. The summed E-state index contributed by atoms with van der Waals surface area (Å²) < 4.78 is 4.80. The van der Waals surface area contributed by atoms with Crippen LogP contribution in [0.3, 0.4) is 0 Å². The Bertz CT molecular complexity index is 867. The molecule has 0 radical (unpaired) electrons. The van der Waals surface area contributed by atoms with Crippen molar-refractivity contribution >= 4 is 17.7 Å². The molecule has 3 saturated heterocycles.